The molecule has 0 saturated carbocycles. The van der Waals surface area contributed by atoms with E-state index in [0.29, 0.717) is 0 Å². The van der Waals surface area contributed by atoms with Crippen LogP contribution in [0.2, 0.25) is 5.02 Å². The zero-order valence-electron chi connectivity index (χ0n) is 9.21. The fourth-order valence-corrected chi connectivity index (χ4v) is 1.60. The quantitative estimate of drug-likeness (QED) is 0.880. The second-order valence-corrected chi connectivity index (χ2v) is 4.14. The van der Waals surface area contributed by atoms with Crippen molar-refractivity contribution >= 4 is 17.5 Å². The first-order chi connectivity index (χ1) is 7.41. The van der Waals surface area contributed by atoms with Crippen LogP contribution >= 0.6 is 11.6 Å². The Labute approximate surface area is 99.0 Å². The molecule has 0 bridgehead atoms. The van der Waals surface area contributed by atoms with E-state index >= 15 is 0 Å². The number of likely N-dealkylation sites (N-methyl/N-ethyl adjacent to an activating group) is 1. The van der Waals surface area contributed by atoms with E-state index in [1.54, 1.807) is 24.1 Å². The molecule has 0 saturated heterocycles. The van der Waals surface area contributed by atoms with Gasteiger partial charge in [-0.25, -0.2) is 4.39 Å². The van der Waals surface area contributed by atoms with Crippen LogP contribution < -0.4 is 5.73 Å². The molecule has 0 radical (unpaired) electrons. The Bertz CT molecular complexity index is 398. The van der Waals surface area contributed by atoms with Gasteiger partial charge in [-0.2, -0.15) is 0 Å². The summed E-state index contributed by atoms with van der Waals surface area (Å²) in [5, 5.41) is 0.0804. The van der Waals surface area contributed by atoms with Crippen molar-refractivity contribution < 1.29 is 9.18 Å². The molecule has 1 atom stereocenters. The molecule has 1 aromatic carbocycles. The van der Waals surface area contributed by atoms with Crippen LogP contribution in [0.5, 0.6) is 0 Å². The molecule has 1 amide bonds. The fraction of sp³-hybridized carbons (Fsp3) is 0.364. The van der Waals surface area contributed by atoms with E-state index in [0.717, 1.165) is 5.56 Å². The summed E-state index contributed by atoms with van der Waals surface area (Å²) in [4.78, 5) is 12.5. The van der Waals surface area contributed by atoms with Gasteiger partial charge in [0.25, 0.3) is 0 Å². The Kier molecular flexibility index (Phi) is 4.26. The summed E-state index contributed by atoms with van der Waals surface area (Å²) in [6, 6.07) is 4.46. The third-order valence-corrected chi connectivity index (χ3v) is 2.78. The van der Waals surface area contributed by atoms with Crippen LogP contribution in [0.1, 0.15) is 18.5 Å². The van der Waals surface area contributed by atoms with Gasteiger partial charge in [0.15, 0.2) is 0 Å². The number of nitrogens with two attached hydrogens (primary N) is 1. The normalized spacial score (nSPS) is 12.8. The van der Waals surface area contributed by atoms with Crippen LogP contribution in [-0.2, 0) is 4.79 Å². The number of carbonyl (C=O) groups is 1. The van der Waals surface area contributed by atoms with Crippen molar-refractivity contribution in [2.75, 3.05) is 13.6 Å². The molecule has 0 unspecified atom stereocenters. The van der Waals surface area contributed by atoms with E-state index in [4.69, 9.17) is 17.3 Å². The van der Waals surface area contributed by atoms with Crippen LogP contribution in [0, 0.1) is 5.82 Å². The lowest BCUT2D eigenvalue weighted by Crippen LogP contribution is -2.32. The summed E-state index contributed by atoms with van der Waals surface area (Å²) in [7, 11) is 1.77. The summed E-state index contributed by atoms with van der Waals surface area (Å²) in [6.07, 6.45) is 0. The summed E-state index contributed by atoms with van der Waals surface area (Å²) in [6.45, 7) is 2.04. The fourth-order valence-electron chi connectivity index (χ4n) is 1.41. The number of primary amides is 1. The predicted octanol–water partition coefficient (Wildman–Crippen LogP) is 1.96. The number of nitrogens with zero attached hydrogens (tertiary/aromatic N) is 1. The van der Waals surface area contributed by atoms with Crippen molar-refractivity contribution in [3.8, 4) is 0 Å². The molecule has 0 aliphatic heterocycles. The number of benzene rings is 1. The number of halogens is 2. The third kappa shape index (κ3) is 3.18. The minimum Gasteiger partial charge on any atom is -0.369 e. The van der Waals surface area contributed by atoms with Crippen LogP contribution in [0.15, 0.2) is 18.2 Å². The van der Waals surface area contributed by atoms with Crippen molar-refractivity contribution in [3.63, 3.8) is 0 Å². The molecule has 5 heteroatoms. The topological polar surface area (TPSA) is 46.3 Å². The number of hydrogen-bond donors (Lipinski definition) is 1. The highest BCUT2D eigenvalue weighted by molar-refractivity contribution is 6.30. The van der Waals surface area contributed by atoms with E-state index < -0.39 is 11.7 Å². The average molecular weight is 245 g/mol. The van der Waals surface area contributed by atoms with Crippen LogP contribution in [0.4, 0.5) is 4.39 Å². The van der Waals surface area contributed by atoms with Crippen LogP contribution in [0.3, 0.4) is 0 Å². The molecule has 1 rings (SSSR count). The van der Waals surface area contributed by atoms with Crippen molar-refractivity contribution in [3.05, 3.63) is 34.6 Å². The van der Waals surface area contributed by atoms with E-state index in [2.05, 4.69) is 0 Å². The van der Waals surface area contributed by atoms with Gasteiger partial charge >= 0.3 is 0 Å². The lowest BCUT2D eigenvalue weighted by molar-refractivity contribution is -0.119. The van der Waals surface area contributed by atoms with Gasteiger partial charge in [-0.05, 0) is 31.7 Å². The van der Waals surface area contributed by atoms with Gasteiger partial charge in [0, 0.05) is 6.04 Å². The minimum absolute atomic E-state index is 0.0504. The Morgan fingerprint density at radius 1 is 1.62 bits per heavy atom. The van der Waals surface area contributed by atoms with Gasteiger partial charge in [0.05, 0.1) is 11.6 Å². The molecule has 88 valence electrons. The van der Waals surface area contributed by atoms with Crippen molar-refractivity contribution in [1.29, 1.82) is 0 Å². The summed E-state index contributed by atoms with van der Waals surface area (Å²) >= 11 is 5.68. The molecule has 3 nitrogen and oxygen atoms in total. The predicted molar refractivity (Wildman–Crippen MR) is 61.6 cm³/mol. The lowest BCUT2D eigenvalue weighted by atomic mass is 10.1. The Hall–Kier alpha value is -1.13. The molecule has 16 heavy (non-hydrogen) atoms. The molecule has 0 spiro atoms. The largest absolute Gasteiger partial charge is 0.369 e. The number of amides is 1. The Morgan fingerprint density at radius 2 is 2.25 bits per heavy atom. The zero-order valence-corrected chi connectivity index (χ0v) is 9.96. The molecule has 0 aliphatic rings. The second kappa shape index (κ2) is 5.27. The zero-order chi connectivity index (χ0) is 12.3. The van der Waals surface area contributed by atoms with Gasteiger partial charge in [0.1, 0.15) is 5.82 Å². The Morgan fingerprint density at radius 3 is 2.75 bits per heavy atom. The Balaban J connectivity index is 2.83. The highest BCUT2D eigenvalue weighted by atomic mass is 35.5. The maximum absolute atomic E-state index is 13.0. The van der Waals surface area contributed by atoms with Gasteiger partial charge in [-0.1, -0.05) is 17.7 Å². The lowest BCUT2D eigenvalue weighted by Gasteiger charge is -2.23. The smallest absolute Gasteiger partial charge is 0.231 e. The standard InChI is InChI=1S/C11H14ClFN2O/c1-7(15(2)6-11(14)16)8-3-4-10(13)9(12)5-8/h3-5,7H,6H2,1-2H3,(H2,14,16)/t7-/m1/s1. The first-order valence-corrected chi connectivity index (χ1v) is 5.23. The molecule has 1 aromatic rings. The molecule has 2 N–H and O–H groups in total. The van der Waals surface area contributed by atoms with Crippen molar-refractivity contribution in [2.45, 2.75) is 13.0 Å². The molecule has 0 heterocycles. The van der Waals surface area contributed by atoms with Crippen LogP contribution in [0.25, 0.3) is 0 Å². The molecular formula is C11H14ClFN2O. The summed E-state index contributed by atoms with van der Waals surface area (Å²) in [5.41, 5.74) is 5.94. The number of carbonyl (C=O) groups excluding carboxylic acids is 1. The molecule has 0 aromatic heterocycles. The van der Waals surface area contributed by atoms with Gasteiger partial charge < -0.3 is 5.73 Å². The first-order valence-electron chi connectivity index (χ1n) is 4.85. The monoisotopic (exact) mass is 244 g/mol. The third-order valence-electron chi connectivity index (χ3n) is 2.49. The maximum atomic E-state index is 13.0. The minimum atomic E-state index is -0.449. The van der Waals surface area contributed by atoms with E-state index in [1.165, 1.54) is 6.07 Å². The molecule has 0 fully saturated rings. The number of hydrogen-bond acceptors (Lipinski definition) is 2. The van der Waals surface area contributed by atoms with Crippen LogP contribution in [-0.4, -0.2) is 24.4 Å². The first kappa shape index (κ1) is 12.9. The van der Waals surface area contributed by atoms with Crippen molar-refractivity contribution in [2.24, 2.45) is 5.73 Å². The highest BCUT2D eigenvalue weighted by Crippen LogP contribution is 2.23. The molecular weight excluding hydrogens is 231 g/mol. The van der Waals surface area contributed by atoms with Gasteiger partial charge in [-0.15, -0.1) is 0 Å². The number of rotatable bonds is 4. The SMILES string of the molecule is C[C@H](c1ccc(F)c(Cl)c1)N(C)CC(N)=O. The second-order valence-electron chi connectivity index (χ2n) is 3.73. The summed E-state index contributed by atoms with van der Waals surface area (Å²) in [5.74, 6) is -0.849. The van der Waals surface area contributed by atoms with Crippen molar-refractivity contribution in [1.82, 2.24) is 4.90 Å². The highest BCUT2D eigenvalue weighted by Gasteiger charge is 2.14. The van der Waals surface area contributed by atoms with Gasteiger partial charge in [-0.3, -0.25) is 9.69 Å². The average Bonchev–Trinajstić information content (AvgIpc) is 2.20. The maximum Gasteiger partial charge on any atom is 0.231 e. The van der Waals surface area contributed by atoms with E-state index in [9.17, 15) is 9.18 Å². The van der Waals surface area contributed by atoms with Gasteiger partial charge in [0.2, 0.25) is 5.91 Å². The molecule has 0 aliphatic carbocycles. The summed E-state index contributed by atoms with van der Waals surface area (Å²) < 4.78 is 13.0. The van der Waals surface area contributed by atoms with E-state index in [-0.39, 0.29) is 17.6 Å². The van der Waals surface area contributed by atoms with E-state index in [1.807, 2.05) is 6.92 Å².